The molecule has 20 heavy (non-hydrogen) atoms. The minimum absolute atomic E-state index is 0.763. The third-order valence-electron chi connectivity index (χ3n) is 3.64. The molecule has 5 heteroatoms. The van der Waals surface area contributed by atoms with Crippen LogP contribution in [0.4, 0.5) is 5.82 Å². The summed E-state index contributed by atoms with van der Waals surface area (Å²) in [6.45, 7) is 8.83. The maximum absolute atomic E-state index is 4.73. The first-order valence-electron chi connectivity index (χ1n) is 7.08. The van der Waals surface area contributed by atoms with Gasteiger partial charge in [-0.2, -0.15) is 11.8 Å². The molecule has 3 nitrogen and oxygen atoms in total. The van der Waals surface area contributed by atoms with E-state index in [0.717, 1.165) is 28.1 Å². The molecular weight excluding hydrogens is 286 g/mol. The van der Waals surface area contributed by atoms with Crippen LogP contribution in [-0.2, 0) is 5.75 Å². The van der Waals surface area contributed by atoms with E-state index in [0.29, 0.717) is 0 Å². The summed E-state index contributed by atoms with van der Waals surface area (Å²) in [6.07, 6.45) is 1.23. The highest BCUT2D eigenvalue weighted by Crippen LogP contribution is 2.33. The zero-order valence-corrected chi connectivity index (χ0v) is 14.5. The molecule has 0 saturated carbocycles. The third kappa shape index (κ3) is 3.26. The van der Waals surface area contributed by atoms with Crippen LogP contribution in [-0.4, -0.2) is 22.8 Å². The number of nitrogens with one attached hydrogen (secondary N) is 1. The summed E-state index contributed by atoms with van der Waals surface area (Å²) in [5, 5.41) is 4.41. The number of thioether (sulfide) groups is 1. The molecule has 0 fully saturated rings. The van der Waals surface area contributed by atoms with Gasteiger partial charge in [-0.1, -0.05) is 20.3 Å². The Kier molecular flexibility index (Phi) is 5.27. The smallest absolute Gasteiger partial charge is 0.142 e. The SMILES string of the molecule is CCC(C)CSCc1nc(NC)c2c(C)c(C)sc2n1. The first kappa shape index (κ1) is 15.6. The summed E-state index contributed by atoms with van der Waals surface area (Å²) in [5.41, 5.74) is 1.30. The van der Waals surface area contributed by atoms with E-state index in [1.54, 1.807) is 11.3 Å². The van der Waals surface area contributed by atoms with Gasteiger partial charge in [-0.25, -0.2) is 9.97 Å². The summed E-state index contributed by atoms with van der Waals surface area (Å²) in [7, 11) is 1.93. The predicted octanol–water partition coefficient (Wildman–Crippen LogP) is 4.63. The number of anilines is 1. The van der Waals surface area contributed by atoms with E-state index in [-0.39, 0.29) is 0 Å². The third-order valence-corrected chi connectivity index (χ3v) is 6.01. The van der Waals surface area contributed by atoms with Crippen LogP contribution in [0.25, 0.3) is 10.2 Å². The summed E-state index contributed by atoms with van der Waals surface area (Å²) in [4.78, 5) is 11.9. The Balaban J connectivity index is 2.23. The van der Waals surface area contributed by atoms with E-state index < -0.39 is 0 Å². The number of rotatable bonds is 6. The van der Waals surface area contributed by atoms with Crippen molar-refractivity contribution in [2.45, 2.75) is 39.9 Å². The molecule has 1 N–H and O–H groups in total. The lowest BCUT2D eigenvalue weighted by Gasteiger charge is -2.08. The average Bonchev–Trinajstić information content (AvgIpc) is 2.73. The van der Waals surface area contributed by atoms with Gasteiger partial charge in [0.1, 0.15) is 16.5 Å². The van der Waals surface area contributed by atoms with Crippen molar-refractivity contribution in [1.29, 1.82) is 0 Å². The zero-order chi connectivity index (χ0) is 14.7. The first-order chi connectivity index (χ1) is 9.56. The van der Waals surface area contributed by atoms with Crippen LogP contribution in [0, 0.1) is 19.8 Å². The molecule has 0 aliphatic rings. The fraction of sp³-hybridized carbons (Fsp3) is 0.600. The van der Waals surface area contributed by atoms with Gasteiger partial charge >= 0.3 is 0 Å². The first-order valence-corrected chi connectivity index (χ1v) is 9.06. The fourth-order valence-corrected chi connectivity index (χ4v) is 4.12. The van der Waals surface area contributed by atoms with Crippen molar-refractivity contribution in [2.24, 2.45) is 5.92 Å². The topological polar surface area (TPSA) is 37.8 Å². The average molecular weight is 310 g/mol. The normalized spacial score (nSPS) is 12.8. The van der Waals surface area contributed by atoms with Gasteiger partial charge in [0.15, 0.2) is 0 Å². The lowest BCUT2D eigenvalue weighted by Crippen LogP contribution is -2.01. The number of aryl methyl sites for hydroxylation is 2. The Bertz CT molecular complexity index is 592. The van der Waals surface area contributed by atoms with Crippen molar-refractivity contribution in [3.63, 3.8) is 0 Å². The van der Waals surface area contributed by atoms with Crippen molar-refractivity contribution in [3.05, 3.63) is 16.3 Å². The van der Waals surface area contributed by atoms with Gasteiger partial charge in [-0.05, 0) is 31.1 Å². The van der Waals surface area contributed by atoms with Crippen LogP contribution in [0.15, 0.2) is 0 Å². The summed E-state index contributed by atoms with van der Waals surface area (Å²) in [5.74, 6) is 4.74. The standard InChI is InChI=1S/C15H23N3S2/c1-6-9(2)7-19-8-12-17-14(16-5)13-10(3)11(4)20-15(13)18-12/h9H,6-8H2,1-5H3,(H,16,17,18). The molecule has 2 aromatic heterocycles. The largest absolute Gasteiger partial charge is 0.372 e. The molecular formula is C15H23N3S2. The lowest BCUT2D eigenvalue weighted by atomic mass is 10.2. The van der Waals surface area contributed by atoms with Crippen LogP contribution in [0.5, 0.6) is 0 Å². The van der Waals surface area contributed by atoms with E-state index in [4.69, 9.17) is 4.98 Å². The van der Waals surface area contributed by atoms with E-state index >= 15 is 0 Å². The van der Waals surface area contributed by atoms with Gasteiger partial charge in [-0.3, -0.25) is 0 Å². The van der Waals surface area contributed by atoms with E-state index in [1.165, 1.54) is 28.0 Å². The highest BCUT2D eigenvalue weighted by atomic mass is 32.2. The monoisotopic (exact) mass is 309 g/mol. The van der Waals surface area contributed by atoms with Gasteiger partial charge < -0.3 is 5.32 Å². The molecule has 0 radical (unpaired) electrons. The predicted molar refractivity (Wildman–Crippen MR) is 92.1 cm³/mol. The molecule has 1 atom stereocenters. The van der Waals surface area contributed by atoms with Gasteiger partial charge in [0, 0.05) is 11.9 Å². The number of nitrogens with zero attached hydrogens (tertiary/aromatic N) is 2. The molecule has 0 spiro atoms. The molecule has 0 aliphatic carbocycles. The van der Waals surface area contributed by atoms with Crippen molar-refractivity contribution >= 4 is 39.1 Å². The molecule has 2 rings (SSSR count). The molecule has 0 aliphatic heterocycles. The summed E-state index contributed by atoms with van der Waals surface area (Å²) < 4.78 is 0. The number of aromatic nitrogens is 2. The molecule has 2 heterocycles. The van der Waals surface area contributed by atoms with Crippen LogP contribution < -0.4 is 5.32 Å². The van der Waals surface area contributed by atoms with Crippen LogP contribution in [0.1, 0.15) is 36.5 Å². The molecule has 0 bridgehead atoms. The Morgan fingerprint density at radius 1 is 1.30 bits per heavy atom. The highest BCUT2D eigenvalue weighted by Gasteiger charge is 2.13. The molecule has 0 aromatic carbocycles. The lowest BCUT2D eigenvalue weighted by molar-refractivity contribution is 0.636. The minimum Gasteiger partial charge on any atom is -0.372 e. The Hall–Kier alpha value is -0.810. The van der Waals surface area contributed by atoms with Gasteiger partial charge in [0.05, 0.1) is 11.1 Å². The van der Waals surface area contributed by atoms with E-state index in [2.05, 4.69) is 38.0 Å². The van der Waals surface area contributed by atoms with Gasteiger partial charge in [0.2, 0.25) is 0 Å². The van der Waals surface area contributed by atoms with Crippen LogP contribution >= 0.6 is 23.1 Å². The van der Waals surface area contributed by atoms with Crippen LogP contribution in [0.2, 0.25) is 0 Å². The van der Waals surface area contributed by atoms with Crippen LogP contribution in [0.3, 0.4) is 0 Å². The summed E-state index contributed by atoms with van der Waals surface area (Å²) >= 11 is 3.70. The molecule has 1 unspecified atom stereocenters. The van der Waals surface area contributed by atoms with Crippen molar-refractivity contribution in [1.82, 2.24) is 9.97 Å². The molecule has 2 aromatic rings. The second-order valence-corrected chi connectivity index (χ2v) is 7.46. The van der Waals surface area contributed by atoms with Gasteiger partial charge in [-0.15, -0.1) is 11.3 Å². The number of hydrogen-bond acceptors (Lipinski definition) is 5. The fourth-order valence-electron chi connectivity index (χ4n) is 2.01. The Morgan fingerprint density at radius 2 is 2.05 bits per heavy atom. The Morgan fingerprint density at radius 3 is 2.70 bits per heavy atom. The van der Waals surface area contributed by atoms with E-state index in [1.807, 2.05) is 18.8 Å². The van der Waals surface area contributed by atoms with E-state index in [9.17, 15) is 0 Å². The number of hydrogen-bond donors (Lipinski definition) is 1. The quantitative estimate of drug-likeness (QED) is 0.844. The zero-order valence-electron chi connectivity index (χ0n) is 12.9. The molecule has 110 valence electrons. The maximum Gasteiger partial charge on any atom is 0.142 e. The van der Waals surface area contributed by atoms with Crippen molar-refractivity contribution in [3.8, 4) is 0 Å². The minimum atomic E-state index is 0.763. The molecule has 0 saturated heterocycles. The highest BCUT2D eigenvalue weighted by molar-refractivity contribution is 7.98. The molecule has 0 amide bonds. The number of fused-ring (bicyclic) bond motifs is 1. The van der Waals surface area contributed by atoms with Crippen molar-refractivity contribution < 1.29 is 0 Å². The van der Waals surface area contributed by atoms with Crippen molar-refractivity contribution in [2.75, 3.05) is 18.1 Å². The van der Waals surface area contributed by atoms with Gasteiger partial charge in [0.25, 0.3) is 0 Å². The summed E-state index contributed by atoms with van der Waals surface area (Å²) in [6, 6.07) is 0. The second-order valence-electron chi connectivity index (χ2n) is 5.23. The maximum atomic E-state index is 4.73. The number of thiophene rings is 1. The second kappa shape index (κ2) is 6.76. The Labute approximate surface area is 129 Å².